The third kappa shape index (κ3) is 3.55. The maximum Gasteiger partial charge on any atom is 0.317 e. The van der Waals surface area contributed by atoms with Crippen LogP contribution in [-0.2, 0) is 6.42 Å². The van der Waals surface area contributed by atoms with Crippen molar-refractivity contribution in [2.75, 3.05) is 13.1 Å². The van der Waals surface area contributed by atoms with Gasteiger partial charge in [-0.1, -0.05) is 31.1 Å². The Balaban J connectivity index is 1.49. The van der Waals surface area contributed by atoms with Crippen LogP contribution in [0.5, 0.6) is 0 Å². The zero-order valence-electron chi connectivity index (χ0n) is 13.8. The minimum absolute atomic E-state index is 0.0170. The number of carbonyl (C=O) groups is 1. The lowest BCUT2D eigenvalue weighted by molar-refractivity contribution is 0.115. The summed E-state index contributed by atoms with van der Waals surface area (Å²) in [6, 6.07) is 6.20. The van der Waals surface area contributed by atoms with Crippen LogP contribution in [0.2, 0.25) is 0 Å². The first-order chi connectivity index (χ1) is 11.5. The van der Waals surface area contributed by atoms with Crippen molar-refractivity contribution in [3.05, 3.63) is 47.4 Å². The Morgan fingerprint density at radius 2 is 2.17 bits per heavy atom. The van der Waals surface area contributed by atoms with Gasteiger partial charge in [-0.2, -0.15) is 4.98 Å². The van der Waals surface area contributed by atoms with E-state index in [1.54, 1.807) is 17.0 Å². The average molecular weight is 332 g/mol. The number of carbonyl (C=O) groups excluding carboxylic acids is 1. The molecule has 2 amide bonds. The number of urea groups is 1. The topological polar surface area (TPSA) is 71.3 Å². The average Bonchev–Trinajstić information content (AvgIpc) is 2.97. The Bertz CT molecular complexity index is 699. The molecule has 128 valence electrons. The maximum atomic E-state index is 13.0. The normalized spacial score (nSPS) is 17.0. The highest BCUT2D eigenvalue weighted by Gasteiger charge is 2.33. The van der Waals surface area contributed by atoms with Crippen LogP contribution in [-0.4, -0.2) is 34.2 Å². The number of rotatable bonds is 5. The Labute approximate surface area is 140 Å². The minimum Gasteiger partial charge on any atom is -0.339 e. The van der Waals surface area contributed by atoms with Gasteiger partial charge in [0.2, 0.25) is 5.89 Å². The van der Waals surface area contributed by atoms with Crippen molar-refractivity contribution >= 4 is 6.03 Å². The molecule has 1 aliphatic rings. The van der Waals surface area contributed by atoms with Crippen molar-refractivity contribution in [2.45, 2.75) is 38.6 Å². The number of halogens is 1. The van der Waals surface area contributed by atoms with Crippen LogP contribution in [0.4, 0.5) is 9.18 Å². The molecule has 6 nitrogen and oxygen atoms in total. The monoisotopic (exact) mass is 332 g/mol. The molecule has 7 heteroatoms. The summed E-state index contributed by atoms with van der Waals surface area (Å²) in [6.07, 6.45) is 1.42. The first kappa shape index (κ1) is 16.4. The van der Waals surface area contributed by atoms with E-state index >= 15 is 0 Å². The standard InChI is InChI=1S/C17H21FN4O2/c1-11(2)16-20-15(21-24-16)7-9-19-17(23)22-10-8-14(22)12-3-5-13(18)6-4-12/h3-6,11,14H,7-10H2,1-2H3,(H,19,23)/t14-/m0/s1. The van der Waals surface area contributed by atoms with Gasteiger partial charge in [-0.25, -0.2) is 9.18 Å². The van der Waals surface area contributed by atoms with Crippen LogP contribution < -0.4 is 5.32 Å². The van der Waals surface area contributed by atoms with Crippen molar-refractivity contribution in [3.63, 3.8) is 0 Å². The van der Waals surface area contributed by atoms with Crippen LogP contribution in [0.15, 0.2) is 28.8 Å². The third-order valence-electron chi connectivity index (χ3n) is 4.14. The summed E-state index contributed by atoms with van der Waals surface area (Å²) in [6.45, 7) is 5.12. The molecule has 24 heavy (non-hydrogen) atoms. The quantitative estimate of drug-likeness (QED) is 0.913. The number of aromatic nitrogens is 2. The lowest BCUT2D eigenvalue weighted by atomic mass is 9.95. The highest BCUT2D eigenvalue weighted by atomic mass is 19.1. The van der Waals surface area contributed by atoms with Gasteiger partial charge in [0, 0.05) is 25.4 Å². The van der Waals surface area contributed by atoms with Gasteiger partial charge in [-0.05, 0) is 24.1 Å². The van der Waals surface area contributed by atoms with E-state index in [1.165, 1.54) is 12.1 Å². The van der Waals surface area contributed by atoms with Gasteiger partial charge in [0.15, 0.2) is 5.82 Å². The van der Waals surface area contributed by atoms with Gasteiger partial charge in [-0.3, -0.25) is 0 Å². The van der Waals surface area contributed by atoms with Crippen molar-refractivity contribution < 1.29 is 13.7 Å². The van der Waals surface area contributed by atoms with Crippen molar-refractivity contribution in [2.24, 2.45) is 0 Å². The molecule has 1 aliphatic heterocycles. The second-order valence-electron chi connectivity index (χ2n) is 6.23. The van der Waals surface area contributed by atoms with Crippen LogP contribution in [0.3, 0.4) is 0 Å². The van der Waals surface area contributed by atoms with Crippen molar-refractivity contribution in [1.29, 1.82) is 0 Å². The largest absolute Gasteiger partial charge is 0.339 e. The molecular weight excluding hydrogens is 311 g/mol. The van der Waals surface area contributed by atoms with E-state index < -0.39 is 0 Å². The van der Waals surface area contributed by atoms with E-state index in [9.17, 15) is 9.18 Å². The smallest absolute Gasteiger partial charge is 0.317 e. The van der Waals surface area contributed by atoms with Gasteiger partial charge in [0.25, 0.3) is 0 Å². The van der Waals surface area contributed by atoms with E-state index in [0.717, 1.165) is 12.0 Å². The summed E-state index contributed by atoms with van der Waals surface area (Å²) in [7, 11) is 0. The summed E-state index contributed by atoms with van der Waals surface area (Å²) < 4.78 is 18.1. The lowest BCUT2D eigenvalue weighted by Crippen LogP contribution is -2.50. The van der Waals surface area contributed by atoms with E-state index in [-0.39, 0.29) is 23.8 Å². The molecule has 1 aromatic heterocycles. The molecule has 0 aliphatic carbocycles. The van der Waals surface area contributed by atoms with Gasteiger partial charge in [0.05, 0.1) is 6.04 Å². The first-order valence-corrected chi connectivity index (χ1v) is 8.17. The zero-order chi connectivity index (χ0) is 17.1. The Morgan fingerprint density at radius 1 is 1.42 bits per heavy atom. The molecule has 0 unspecified atom stereocenters. The predicted octanol–water partition coefficient (Wildman–Crippen LogP) is 3.03. The fourth-order valence-corrected chi connectivity index (χ4v) is 2.65. The number of nitrogens with zero attached hydrogens (tertiary/aromatic N) is 3. The molecule has 0 radical (unpaired) electrons. The van der Waals surface area contributed by atoms with Crippen LogP contribution >= 0.6 is 0 Å². The molecule has 0 spiro atoms. The van der Waals surface area contributed by atoms with Crippen molar-refractivity contribution in [3.8, 4) is 0 Å². The number of amides is 2. The number of hydrogen-bond acceptors (Lipinski definition) is 4. The molecule has 1 N–H and O–H groups in total. The summed E-state index contributed by atoms with van der Waals surface area (Å²) >= 11 is 0. The fourth-order valence-electron chi connectivity index (χ4n) is 2.65. The first-order valence-electron chi connectivity index (χ1n) is 8.17. The second kappa shape index (κ2) is 6.98. The molecule has 3 rings (SSSR count). The predicted molar refractivity (Wildman–Crippen MR) is 86.0 cm³/mol. The molecule has 0 saturated carbocycles. The molecule has 0 bridgehead atoms. The molecule has 2 aromatic rings. The lowest BCUT2D eigenvalue weighted by Gasteiger charge is -2.41. The Morgan fingerprint density at radius 3 is 2.75 bits per heavy atom. The van der Waals surface area contributed by atoms with Gasteiger partial charge >= 0.3 is 6.03 Å². The van der Waals surface area contributed by atoms with Crippen LogP contribution in [0.1, 0.15) is 49.5 Å². The SMILES string of the molecule is CC(C)c1nc(CCNC(=O)N2CC[C@H]2c2ccc(F)cc2)no1. The van der Waals surface area contributed by atoms with E-state index in [0.29, 0.717) is 31.2 Å². The summed E-state index contributed by atoms with van der Waals surface area (Å²) in [4.78, 5) is 18.3. The molecular formula is C17H21FN4O2. The number of hydrogen-bond donors (Lipinski definition) is 1. The van der Waals surface area contributed by atoms with Gasteiger partial charge in [0.1, 0.15) is 5.82 Å². The van der Waals surface area contributed by atoms with Crippen LogP contribution in [0.25, 0.3) is 0 Å². The number of benzene rings is 1. The van der Waals surface area contributed by atoms with Crippen molar-refractivity contribution in [1.82, 2.24) is 20.4 Å². The van der Waals surface area contributed by atoms with E-state index in [4.69, 9.17) is 4.52 Å². The zero-order valence-corrected chi connectivity index (χ0v) is 13.8. The minimum atomic E-state index is -0.269. The second-order valence-corrected chi connectivity index (χ2v) is 6.23. The van der Waals surface area contributed by atoms with Gasteiger partial charge < -0.3 is 14.7 Å². The Kier molecular flexibility index (Phi) is 4.78. The number of likely N-dealkylation sites (tertiary alicyclic amines) is 1. The summed E-state index contributed by atoms with van der Waals surface area (Å²) in [5.74, 6) is 1.13. The van der Waals surface area contributed by atoms with Crippen LogP contribution in [0, 0.1) is 5.82 Å². The van der Waals surface area contributed by atoms with Gasteiger partial charge in [-0.15, -0.1) is 0 Å². The summed E-state index contributed by atoms with van der Waals surface area (Å²) in [5, 5.41) is 6.77. The van der Waals surface area contributed by atoms with E-state index in [2.05, 4.69) is 15.5 Å². The number of nitrogens with one attached hydrogen (secondary N) is 1. The third-order valence-corrected chi connectivity index (χ3v) is 4.14. The molecule has 1 atom stereocenters. The molecule has 1 fully saturated rings. The summed E-state index contributed by atoms with van der Waals surface area (Å²) in [5.41, 5.74) is 0.956. The highest BCUT2D eigenvalue weighted by Crippen LogP contribution is 2.33. The highest BCUT2D eigenvalue weighted by molar-refractivity contribution is 5.75. The molecule has 1 aromatic carbocycles. The Hall–Kier alpha value is -2.44. The van der Waals surface area contributed by atoms with E-state index in [1.807, 2.05) is 13.8 Å². The molecule has 2 heterocycles. The fraction of sp³-hybridized carbons (Fsp3) is 0.471. The maximum absolute atomic E-state index is 13.0. The molecule has 1 saturated heterocycles.